The van der Waals surface area contributed by atoms with E-state index in [1.807, 2.05) is 24.3 Å². The van der Waals surface area contributed by atoms with Crippen LogP contribution in [0.25, 0.3) is 0 Å². The average Bonchev–Trinajstić information content (AvgIpc) is 3.04. The Morgan fingerprint density at radius 1 is 1.05 bits per heavy atom. The van der Waals surface area contributed by atoms with Gasteiger partial charge in [0.1, 0.15) is 0 Å². The number of carbonyl (C=O) groups is 1. The Morgan fingerprint density at radius 2 is 1.68 bits per heavy atom. The van der Waals surface area contributed by atoms with Crippen LogP contribution in [-0.4, -0.2) is 25.0 Å². The van der Waals surface area contributed by atoms with Gasteiger partial charge < -0.3 is 10.2 Å². The van der Waals surface area contributed by atoms with Crippen molar-refractivity contribution in [2.24, 2.45) is 0 Å². The van der Waals surface area contributed by atoms with E-state index in [1.165, 1.54) is 37.0 Å². The molecule has 120 valence electrons. The van der Waals surface area contributed by atoms with E-state index in [0.717, 1.165) is 36.5 Å². The standard InChI is InChI=1S/C18H25ClN2O/c19-15-10-8-14(9-11-15)17(21-12-4-5-13-21)18(22)20-16-6-2-1-3-7-16/h8-11,16-17H,1-7,12-13H2,(H,20,22)/p+1. The van der Waals surface area contributed by atoms with E-state index in [4.69, 9.17) is 11.6 Å². The zero-order valence-electron chi connectivity index (χ0n) is 13.1. The molecule has 1 unspecified atom stereocenters. The van der Waals surface area contributed by atoms with Crippen LogP contribution in [0.4, 0.5) is 0 Å². The summed E-state index contributed by atoms with van der Waals surface area (Å²) in [5.41, 5.74) is 1.09. The molecule has 0 spiro atoms. The lowest BCUT2D eigenvalue weighted by atomic mass is 9.94. The minimum atomic E-state index is -0.0818. The van der Waals surface area contributed by atoms with E-state index in [1.54, 1.807) is 0 Å². The van der Waals surface area contributed by atoms with Gasteiger partial charge >= 0.3 is 0 Å². The van der Waals surface area contributed by atoms with Crippen LogP contribution in [0.15, 0.2) is 24.3 Å². The number of nitrogens with one attached hydrogen (secondary N) is 2. The molecule has 1 saturated heterocycles. The van der Waals surface area contributed by atoms with Gasteiger partial charge in [-0.3, -0.25) is 4.79 Å². The van der Waals surface area contributed by atoms with Crippen LogP contribution in [0.5, 0.6) is 0 Å². The zero-order valence-corrected chi connectivity index (χ0v) is 13.9. The van der Waals surface area contributed by atoms with Gasteiger partial charge in [0.25, 0.3) is 5.91 Å². The van der Waals surface area contributed by atoms with Gasteiger partial charge in [-0.15, -0.1) is 0 Å². The molecule has 1 heterocycles. The molecular formula is C18H26ClN2O+. The highest BCUT2D eigenvalue weighted by Gasteiger charge is 2.34. The van der Waals surface area contributed by atoms with E-state index in [0.29, 0.717) is 6.04 Å². The Bertz CT molecular complexity index is 490. The number of hydrogen-bond donors (Lipinski definition) is 2. The van der Waals surface area contributed by atoms with Crippen molar-refractivity contribution in [3.8, 4) is 0 Å². The van der Waals surface area contributed by atoms with E-state index in [-0.39, 0.29) is 11.9 Å². The molecule has 2 fully saturated rings. The van der Waals surface area contributed by atoms with Crippen molar-refractivity contribution in [1.82, 2.24) is 5.32 Å². The lowest BCUT2D eigenvalue weighted by Crippen LogP contribution is -3.11. The third-order valence-corrected chi connectivity index (χ3v) is 5.32. The Hall–Kier alpha value is -1.06. The number of amides is 1. The van der Waals surface area contributed by atoms with Gasteiger partial charge in [0.05, 0.1) is 13.1 Å². The van der Waals surface area contributed by atoms with Gasteiger partial charge in [0.2, 0.25) is 0 Å². The van der Waals surface area contributed by atoms with Crippen molar-refractivity contribution >= 4 is 17.5 Å². The number of benzene rings is 1. The Balaban J connectivity index is 1.74. The molecule has 0 radical (unpaired) electrons. The second-order valence-corrected chi connectivity index (χ2v) is 7.13. The van der Waals surface area contributed by atoms with Crippen LogP contribution >= 0.6 is 11.6 Å². The van der Waals surface area contributed by atoms with Crippen molar-refractivity contribution in [3.05, 3.63) is 34.9 Å². The highest BCUT2D eigenvalue weighted by atomic mass is 35.5. The van der Waals surface area contributed by atoms with Gasteiger partial charge in [0, 0.05) is 29.5 Å². The summed E-state index contributed by atoms with van der Waals surface area (Å²) >= 11 is 6.00. The molecule has 1 amide bonds. The molecule has 22 heavy (non-hydrogen) atoms. The third-order valence-electron chi connectivity index (χ3n) is 5.07. The second kappa shape index (κ2) is 7.47. The minimum Gasteiger partial charge on any atom is -0.348 e. The fourth-order valence-corrected chi connectivity index (χ4v) is 4.00. The lowest BCUT2D eigenvalue weighted by molar-refractivity contribution is -0.909. The van der Waals surface area contributed by atoms with E-state index in [2.05, 4.69) is 5.32 Å². The molecule has 4 heteroatoms. The van der Waals surface area contributed by atoms with Gasteiger partial charge in [-0.05, 0) is 25.0 Å². The molecule has 1 aromatic carbocycles. The first-order valence-electron chi connectivity index (χ1n) is 8.64. The molecule has 2 aliphatic rings. The summed E-state index contributed by atoms with van der Waals surface area (Å²) in [4.78, 5) is 14.3. The first-order valence-corrected chi connectivity index (χ1v) is 9.02. The zero-order chi connectivity index (χ0) is 15.4. The number of hydrogen-bond acceptors (Lipinski definition) is 1. The summed E-state index contributed by atoms with van der Waals surface area (Å²) in [6.45, 7) is 2.18. The molecule has 3 rings (SSSR count). The van der Waals surface area contributed by atoms with E-state index < -0.39 is 0 Å². The third kappa shape index (κ3) is 3.82. The summed E-state index contributed by atoms with van der Waals surface area (Å²) in [5.74, 6) is 0.200. The number of likely N-dealkylation sites (tertiary alicyclic amines) is 1. The largest absolute Gasteiger partial charge is 0.348 e. The molecular weight excluding hydrogens is 296 g/mol. The minimum absolute atomic E-state index is 0.0818. The van der Waals surface area contributed by atoms with E-state index >= 15 is 0 Å². The summed E-state index contributed by atoms with van der Waals surface area (Å²) in [7, 11) is 0. The average molecular weight is 322 g/mol. The summed E-state index contributed by atoms with van der Waals surface area (Å²) in [6.07, 6.45) is 8.50. The van der Waals surface area contributed by atoms with Gasteiger partial charge in [-0.25, -0.2) is 0 Å². The quantitative estimate of drug-likeness (QED) is 0.878. The van der Waals surface area contributed by atoms with Crippen LogP contribution in [-0.2, 0) is 4.79 Å². The molecule has 1 aliphatic carbocycles. The Kier molecular flexibility index (Phi) is 5.37. The highest BCUT2D eigenvalue weighted by Crippen LogP contribution is 2.20. The van der Waals surface area contributed by atoms with Crippen molar-refractivity contribution in [2.45, 2.75) is 57.0 Å². The first-order chi connectivity index (χ1) is 10.7. The van der Waals surface area contributed by atoms with Crippen LogP contribution in [0.3, 0.4) is 0 Å². The molecule has 0 aromatic heterocycles. The van der Waals surface area contributed by atoms with Gasteiger partial charge in [-0.1, -0.05) is 43.0 Å². The second-order valence-electron chi connectivity index (χ2n) is 6.69. The summed E-state index contributed by atoms with van der Waals surface area (Å²) < 4.78 is 0. The molecule has 1 atom stereocenters. The van der Waals surface area contributed by atoms with Crippen LogP contribution in [0, 0.1) is 0 Å². The van der Waals surface area contributed by atoms with Crippen molar-refractivity contribution < 1.29 is 9.69 Å². The SMILES string of the molecule is O=C(NC1CCCCC1)C(c1ccc(Cl)cc1)[NH+]1CCCC1. The smallest absolute Gasteiger partial charge is 0.283 e. The maximum atomic E-state index is 12.9. The van der Waals surface area contributed by atoms with Gasteiger partial charge in [0.15, 0.2) is 6.04 Å². The Morgan fingerprint density at radius 3 is 2.32 bits per heavy atom. The highest BCUT2D eigenvalue weighted by molar-refractivity contribution is 6.30. The molecule has 2 N–H and O–H groups in total. The molecule has 1 saturated carbocycles. The Labute approximate surface area is 138 Å². The van der Waals surface area contributed by atoms with E-state index in [9.17, 15) is 4.79 Å². The first kappa shape index (κ1) is 15.8. The summed E-state index contributed by atoms with van der Waals surface area (Å²) in [5, 5.41) is 4.04. The normalized spacial score (nSPS) is 21.7. The monoisotopic (exact) mass is 321 g/mol. The van der Waals surface area contributed by atoms with Crippen LogP contribution < -0.4 is 10.2 Å². The molecule has 1 aliphatic heterocycles. The number of quaternary nitrogens is 1. The maximum Gasteiger partial charge on any atom is 0.283 e. The fourth-order valence-electron chi connectivity index (χ4n) is 3.88. The molecule has 1 aromatic rings. The summed E-state index contributed by atoms with van der Waals surface area (Å²) in [6, 6.07) is 8.11. The van der Waals surface area contributed by atoms with Crippen LogP contribution in [0.2, 0.25) is 5.02 Å². The number of halogens is 1. The van der Waals surface area contributed by atoms with Gasteiger partial charge in [-0.2, -0.15) is 0 Å². The maximum absolute atomic E-state index is 12.9. The molecule has 0 bridgehead atoms. The number of rotatable bonds is 4. The predicted molar refractivity (Wildman–Crippen MR) is 89.1 cm³/mol. The molecule has 3 nitrogen and oxygen atoms in total. The predicted octanol–water partition coefficient (Wildman–Crippen LogP) is 2.51. The van der Waals surface area contributed by atoms with Crippen molar-refractivity contribution in [2.75, 3.05) is 13.1 Å². The van der Waals surface area contributed by atoms with Crippen molar-refractivity contribution in [3.63, 3.8) is 0 Å². The fraction of sp³-hybridized carbons (Fsp3) is 0.611. The topological polar surface area (TPSA) is 33.5 Å². The van der Waals surface area contributed by atoms with Crippen molar-refractivity contribution in [1.29, 1.82) is 0 Å². The van der Waals surface area contributed by atoms with Crippen LogP contribution in [0.1, 0.15) is 56.6 Å². The number of carbonyl (C=O) groups excluding carboxylic acids is 1. The lowest BCUT2D eigenvalue weighted by Gasteiger charge is -2.28.